The Balaban J connectivity index is 0.00000242. The Morgan fingerprint density at radius 3 is 2.70 bits per heavy atom. The number of halogens is 2. The Morgan fingerprint density at radius 1 is 1.35 bits per heavy atom. The number of nitrogens with one attached hydrogen (secondary N) is 1. The molecule has 130 valence electrons. The standard InChI is InChI=1S/C14H21N5S2.2ClH/c1-9(2)5-6-17-13(16)19-14-18-11(8-20-14)12-4-3-10(7-15)21-12;;/h3-4,8-9H,5-7,15H2,1-2H3,(H3,16,17,18,19);2*1H. The van der Waals surface area contributed by atoms with Crippen molar-refractivity contribution in [1.82, 2.24) is 4.98 Å². The lowest BCUT2D eigenvalue weighted by Crippen LogP contribution is -2.22. The van der Waals surface area contributed by atoms with Gasteiger partial charge in [-0.2, -0.15) is 0 Å². The molecule has 0 aliphatic carbocycles. The Labute approximate surface area is 157 Å². The number of anilines is 1. The summed E-state index contributed by atoms with van der Waals surface area (Å²) in [6, 6.07) is 4.08. The third-order valence-electron chi connectivity index (χ3n) is 2.84. The van der Waals surface area contributed by atoms with Crippen molar-refractivity contribution < 1.29 is 0 Å². The molecule has 0 radical (unpaired) electrons. The van der Waals surface area contributed by atoms with Crippen molar-refractivity contribution in [2.45, 2.75) is 26.8 Å². The van der Waals surface area contributed by atoms with Gasteiger partial charge in [0.1, 0.15) is 0 Å². The second-order valence-corrected chi connectivity index (χ2v) is 7.11. The van der Waals surface area contributed by atoms with Gasteiger partial charge in [0, 0.05) is 23.3 Å². The van der Waals surface area contributed by atoms with E-state index in [1.165, 1.54) is 11.3 Å². The monoisotopic (exact) mass is 395 g/mol. The summed E-state index contributed by atoms with van der Waals surface area (Å²) in [7, 11) is 0. The Morgan fingerprint density at radius 2 is 2.09 bits per heavy atom. The van der Waals surface area contributed by atoms with Crippen LogP contribution in [0, 0.1) is 5.92 Å². The molecule has 0 amide bonds. The fourth-order valence-corrected chi connectivity index (χ4v) is 3.30. The van der Waals surface area contributed by atoms with Gasteiger partial charge in [0.15, 0.2) is 11.1 Å². The van der Waals surface area contributed by atoms with E-state index in [2.05, 4.69) is 29.1 Å². The molecule has 0 atom stereocenters. The zero-order valence-electron chi connectivity index (χ0n) is 13.1. The van der Waals surface area contributed by atoms with E-state index >= 15 is 0 Å². The molecule has 2 heterocycles. The van der Waals surface area contributed by atoms with E-state index in [-0.39, 0.29) is 24.8 Å². The van der Waals surface area contributed by atoms with Gasteiger partial charge in [0.25, 0.3) is 0 Å². The van der Waals surface area contributed by atoms with E-state index in [0.29, 0.717) is 18.4 Å². The number of aliphatic imine (C=N–C) groups is 1. The predicted molar refractivity (Wildman–Crippen MR) is 107 cm³/mol. The maximum absolute atomic E-state index is 5.86. The zero-order valence-corrected chi connectivity index (χ0v) is 16.4. The number of hydrogen-bond acceptors (Lipinski definition) is 5. The summed E-state index contributed by atoms with van der Waals surface area (Å²) in [6.45, 7) is 5.64. The molecule has 0 fully saturated rings. The van der Waals surface area contributed by atoms with Crippen LogP contribution >= 0.6 is 47.5 Å². The van der Waals surface area contributed by atoms with Crippen molar-refractivity contribution in [2.24, 2.45) is 22.4 Å². The molecule has 5 N–H and O–H groups in total. The molecule has 2 aromatic rings. The first-order chi connectivity index (χ1) is 10.1. The summed E-state index contributed by atoms with van der Waals surface area (Å²) in [5, 5.41) is 5.81. The van der Waals surface area contributed by atoms with Crippen molar-refractivity contribution in [3.8, 4) is 10.6 Å². The molecule has 0 aliphatic rings. The molecule has 0 aromatic carbocycles. The van der Waals surface area contributed by atoms with Gasteiger partial charge in [0.2, 0.25) is 0 Å². The van der Waals surface area contributed by atoms with Crippen molar-refractivity contribution in [3.05, 3.63) is 22.4 Å². The van der Waals surface area contributed by atoms with Crippen molar-refractivity contribution >= 4 is 58.6 Å². The SMILES string of the molecule is CC(C)CCN=C(N)Nc1nc(-c2ccc(CN)s2)cs1.Cl.Cl. The first kappa shape index (κ1) is 22.1. The molecule has 0 spiro atoms. The van der Waals surface area contributed by atoms with Gasteiger partial charge in [-0.25, -0.2) is 4.98 Å². The van der Waals surface area contributed by atoms with Gasteiger partial charge in [-0.15, -0.1) is 47.5 Å². The minimum atomic E-state index is 0. The fraction of sp³-hybridized carbons (Fsp3) is 0.429. The normalized spacial score (nSPS) is 11.0. The summed E-state index contributed by atoms with van der Waals surface area (Å²) >= 11 is 3.19. The molecule has 5 nitrogen and oxygen atoms in total. The first-order valence-electron chi connectivity index (χ1n) is 6.90. The van der Waals surface area contributed by atoms with Crippen LogP contribution in [-0.2, 0) is 6.54 Å². The van der Waals surface area contributed by atoms with Crippen molar-refractivity contribution in [2.75, 3.05) is 11.9 Å². The summed E-state index contributed by atoms with van der Waals surface area (Å²) in [6.07, 6.45) is 1.03. The molecular formula is C14H23Cl2N5S2. The topological polar surface area (TPSA) is 89.3 Å². The minimum Gasteiger partial charge on any atom is -0.370 e. The van der Waals surface area contributed by atoms with Crippen LogP contribution in [0.15, 0.2) is 22.5 Å². The largest absolute Gasteiger partial charge is 0.370 e. The van der Waals surface area contributed by atoms with E-state index in [0.717, 1.165) is 33.5 Å². The number of thiophene rings is 1. The van der Waals surface area contributed by atoms with E-state index in [1.54, 1.807) is 11.3 Å². The molecule has 0 unspecified atom stereocenters. The highest BCUT2D eigenvalue weighted by atomic mass is 35.5. The molecule has 0 saturated carbocycles. The second-order valence-electron chi connectivity index (χ2n) is 5.08. The number of aromatic nitrogens is 1. The van der Waals surface area contributed by atoms with E-state index < -0.39 is 0 Å². The van der Waals surface area contributed by atoms with Crippen molar-refractivity contribution in [3.63, 3.8) is 0 Å². The third-order valence-corrected chi connectivity index (χ3v) is 4.73. The lowest BCUT2D eigenvalue weighted by Gasteiger charge is -2.03. The number of nitrogens with zero attached hydrogens (tertiary/aromatic N) is 2. The average Bonchev–Trinajstić information content (AvgIpc) is 3.06. The quantitative estimate of drug-likeness (QED) is 0.510. The van der Waals surface area contributed by atoms with Gasteiger partial charge in [-0.05, 0) is 24.5 Å². The van der Waals surface area contributed by atoms with Crippen LogP contribution < -0.4 is 16.8 Å². The van der Waals surface area contributed by atoms with Crippen LogP contribution in [-0.4, -0.2) is 17.5 Å². The molecule has 0 saturated heterocycles. The lowest BCUT2D eigenvalue weighted by molar-refractivity contribution is 0.597. The Hall–Kier alpha value is -0.860. The number of thiazole rings is 1. The fourth-order valence-electron chi connectivity index (χ4n) is 1.66. The molecule has 2 rings (SSSR count). The summed E-state index contributed by atoms with van der Waals surface area (Å²) in [4.78, 5) is 11.1. The van der Waals surface area contributed by atoms with Gasteiger partial charge in [-0.3, -0.25) is 4.99 Å². The second kappa shape index (κ2) is 10.8. The number of guanidine groups is 1. The summed E-state index contributed by atoms with van der Waals surface area (Å²) in [5.74, 6) is 1.05. The van der Waals surface area contributed by atoms with Gasteiger partial charge in [0.05, 0.1) is 10.6 Å². The number of nitrogens with two attached hydrogens (primary N) is 2. The number of hydrogen-bond donors (Lipinski definition) is 3. The summed E-state index contributed by atoms with van der Waals surface area (Å²) < 4.78 is 0. The Bertz CT molecular complexity index is 610. The van der Waals surface area contributed by atoms with Gasteiger partial charge < -0.3 is 16.8 Å². The Kier molecular flexibility index (Phi) is 10.4. The molecule has 23 heavy (non-hydrogen) atoms. The van der Waals surface area contributed by atoms with E-state index in [1.807, 2.05) is 17.5 Å². The predicted octanol–water partition coefficient (Wildman–Crippen LogP) is 3.95. The minimum absolute atomic E-state index is 0. The van der Waals surface area contributed by atoms with E-state index in [9.17, 15) is 0 Å². The maximum atomic E-state index is 5.86. The van der Waals surface area contributed by atoms with Gasteiger partial charge >= 0.3 is 0 Å². The highest BCUT2D eigenvalue weighted by Gasteiger charge is 2.07. The van der Waals surface area contributed by atoms with Crippen molar-refractivity contribution in [1.29, 1.82) is 0 Å². The lowest BCUT2D eigenvalue weighted by atomic mass is 10.1. The molecular weight excluding hydrogens is 373 g/mol. The zero-order chi connectivity index (χ0) is 15.2. The third kappa shape index (κ3) is 7.05. The number of rotatable bonds is 6. The van der Waals surface area contributed by atoms with Crippen LogP contribution in [0.2, 0.25) is 0 Å². The highest BCUT2D eigenvalue weighted by Crippen LogP contribution is 2.30. The van der Waals surface area contributed by atoms with Crippen LogP contribution in [0.1, 0.15) is 25.1 Å². The average molecular weight is 396 g/mol. The van der Waals surface area contributed by atoms with Crippen LogP contribution in [0.4, 0.5) is 5.13 Å². The molecule has 0 aliphatic heterocycles. The maximum Gasteiger partial charge on any atom is 0.194 e. The van der Waals surface area contributed by atoms with Crippen LogP contribution in [0.5, 0.6) is 0 Å². The molecule has 9 heteroatoms. The van der Waals surface area contributed by atoms with E-state index in [4.69, 9.17) is 11.5 Å². The molecule has 0 bridgehead atoms. The summed E-state index contributed by atoms with van der Waals surface area (Å²) in [5.41, 5.74) is 12.4. The molecule has 2 aromatic heterocycles. The first-order valence-corrected chi connectivity index (χ1v) is 8.59. The van der Waals surface area contributed by atoms with Gasteiger partial charge in [-0.1, -0.05) is 13.8 Å². The highest BCUT2D eigenvalue weighted by molar-refractivity contribution is 7.17. The van der Waals surface area contributed by atoms with Crippen LogP contribution in [0.3, 0.4) is 0 Å². The smallest absolute Gasteiger partial charge is 0.194 e. The van der Waals surface area contributed by atoms with Crippen LogP contribution in [0.25, 0.3) is 10.6 Å².